The predicted octanol–water partition coefficient (Wildman–Crippen LogP) is 1.31. The molecule has 1 aliphatic rings. The highest BCUT2D eigenvalue weighted by atomic mass is 16.2. The first-order chi connectivity index (χ1) is 6.41. The Labute approximate surface area is 85.3 Å². The van der Waals surface area contributed by atoms with Crippen molar-refractivity contribution in [1.82, 2.24) is 5.32 Å². The molecule has 0 aromatic rings. The third-order valence-electron chi connectivity index (χ3n) is 3.12. The molecular weight excluding hydrogens is 178 g/mol. The van der Waals surface area contributed by atoms with Crippen LogP contribution in [0.15, 0.2) is 0 Å². The van der Waals surface area contributed by atoms with E-state index in [-0.39, 0.29) is 23.7 Å². The van der Waals surface area contributed by atoms with Gasteiger partial charge in [0.1, 0.15) is 5.78 Å². The molecular formula is C11H19NO2. The van der Waals surface area contributed by atoms with Crippen LogP contribution in [0.1, 0.15) is 40.5 Å². The molecule has 80 valence electrons. The first kappa shape index (κ1) is 11.4. The van der Waals surface area contributed by atoms with Crippen LogP contribution in [0.5, 0.6) is 0 Å². The molecule has 0 aromatic carbocycles. The Kier molecular flexibility index (Phi) is 3.10. The number of carbonyl (C=O) groups is 2. The first-order valence-electron chi connectivity index (χ1n) is 5.25. The molecule has 3 atom stereocenters. The monoisotopic (exact) mass is 197 g/mol. The van der Waals surface area contributed by atoms with Crippen molar-refractivity contribution in [3.63, 3.8) is 0 Å². The molecule has 1 heterocycles. The molecule has 1 fully saturated rings. The number of hydrogen-bond donors (Lipinski definition) is 1. The van der Waals surface area contributed by atoms with Crippen LogP contribution in [0.25, 0.3) is 0 Å². The maximum absolute atomic E-state index is 11.9. The molecule has 1 saturated heterocycles. The highest BCUT2D eigenvalue weighted by Crippen LogP contribution is 2.32. The summed E-state index contributed by atoms with van der Waals surface area (Å²) in [5.41, 5.74) is -0.751. The minimum atomic E-state index is -0.751. The summed E-state index contributed by atoms with van der Waals surface area (Å²) in [6, 6.07) is 0.0439. The van der Waals surface area contributed by atoms with Crippen LogP contribution in [0.2, 0.25) is 0 Å². The van der Waals surface area contributed by atoms with Crippen LogP contribution in [-0.4, -0.2) is 23.7 Å². The molecule has 0 aliphatic carbocycles. The topological polar surface area (TPSA) is 46.2 Å². The lowest BCUT2D eigenvalue weighted by Gasteiger charge is -2.38. The summed E-state index contributed by atoms with van der Waals surface area (Å²) in [7, 11) is 0. The van der Waals surface area contributed by atoms with Crippen molar-refractivity contribution in [2.24, 2.45) is 5.41 Å². The smallest absolute Gasteiger partial charge is 0.162 e. The number of piperidine rings is 1. The van der Waals surface area contributed by atoms with E-state index in [0.717, 1.165) is 0 Å². The fourth-order valence-electron chi connectivity index (χ4n) is 2.39. The summed E-state index contributed by atoms with van der Waals surface area (Å²) < 4.78 is 0. The second-order valence-electron chi connectivity index (χ2n) is 4.47. The summed E-state index contributed by atoms with van der Waals surface area (Å²) >= 11 is 0. The summed E-state index contributed by atoms with van der Waals surface area (Å²) in [4.78, 5) is 23.7. The summed E-state index contributed by atoms with van der Waals surface area (Å²) in [6.45, 7) is 7.45. The van der Waals surface area contributed by atoms with Crippen LogP contribution in [0.3, 0.4) is 0 Å². The van der Waals surface area contributed by atoms with Crippen molar-refractivity contribution < 1.29 is 9.59 Å². The zero-order valence-corrected chi connectivity index (χ0v) is 9.39. The van der Waals surface area contributed by atoms with Gasteiger partial charge in [0.15, 0.2) is 5.78 Å². The van der Waals surface area contributed by atoms with Crippen molar-refractivity contribution in [3.05, 3.63) is 0 Å². The normalized spacial score (nSPS) is 38.4. The van der Waals surface area contributed by atoms with E-state index < -0.39 is 5.41 Å². The fourth-order valence-corrected chi connectivity index (χ4v) is 2.39. The van der Waals surface area contributed by atoms with Crippen LogP contribution in [0, 0.1) is 5.41 Å². The molecule has 0 amide bonds. The fraction of sp³-hybridized carbons (Fsp3) is 0.818. The van der Waals surface area contributed by atoms with Crippen molar-refractivity contribution in [1.29, 1.82) is 0 Å². The van der Waals surface area contributed by atoms with E-state index in [9.17, 15) is 9.59 Å². The average Bonchev–Trinajstić information content (AvgIpc) is 2.12. The highest BCUT2D eigenvalue weighted by Gasteiger charge is 2.45. The molecule has 3 nitrogen and oxygen atoms in total. The van der Waals surface area contributed by atoms with E-state index in [4.69, 9.17) is 0 Å². The third-order valence-corrected chi connectivity index (χ3v) is 3.12. The SMILES string of the molecule is CCC(=O)C1(C)CC(C)NC(C)C1=O. The van der Waals surface area contributed by atoms with E-state index in [1.165, 1.54) is 0 Å². The highest BCUT2D eigenvalue weighted by molar-refractivity contribution is 6.09. The number of carbonyl (C=O) groups excluding carboxylic acids is 2. The van der Waals surface area contributed by atoms with Crippen molar-refractivity contribution in [3.8, 4) is 0 Å². The van der Waals surface area contributed by atoms with E-state index >= 15 is 0 Å². The molecule has 0 spiro atoms. The van der Waals surface area contributed by atoms with Gasteiger partial charge in [0.05, 0.1) is 11.5 Å². The number of rotatable bonds is 2. The largest absolute Gasteiger partial charge is 0.305 e. The molecule has 0 bridgehead atoms. The Morgan fingerprint density at radius 1 is 1.57 bits per heavy atom. The molecule has 0 saturated carbocycles. The van der Waals surface area contributed by atoms with E-state index in [1.54, 1.807) is 6.92 Å². The number of Topliss-reactive ketones (excluding diaryl/α,β-unsaturated/α-hetero) is 2. The minimum absolute atomic E-state index is 0.0439. The van der Waals surface area contributed by atoms with Gasteiger partial charge in [-0.25, -0.2) is 0 Å². The Balaban J connectivity index is 2.94. The van der Waals surface area contributed by atoms with Gasteiger partial charge in [-0.1, -0.05) is 6.92 Å². The van der Waals surface area contributed by atoms with Gasteiger partial charge in [0.2, 0.25) is 0 Å². The molecule has 1 aliphatic heterocycles. The van der Waals surface area contributed by atoms with Gasteiger partial charge >= 0.3 is 0 Å². The summed E-state index contributed by atoms with van der Waals surface area (Å²) in [5.74, 6) is 0.116. The molecule has 3 unspecified atom stereocenters. The molecule has 1 N–H and O–H groups in total. The van der Waals surface area contributed by atoms with Gasteiger partial charge in [-0.2, -0.15) is 0 Å². The first-order valence-corrected chi connectivity index (χ1v) is 5.25. The van der Waals surface area contributed by atoms with Gasteiger partial charge in [-0.05, 0) is 27.2 Å². The van der Waals surface area contributed by atoms with Crippen LogP contribution in [-0.2, 0) is 9.59 Å². The van der Waals surface area contributed by atoms with Gasteiger partial charge in [0.25, 0.3) is 0 Å². The zero-order chi connectivity index (χ0) is 10.9. The lowest BCUT2D eigenvalue weighted by atomic mass is 9.70. The number of nitrogens with one attached hydrogen (secondary N) is 1. The second kappa shape index (κ2) is 3.81. The molecule has 0 aromatic heterocycles. The summed E-state index contributed by atoms with van der Waals surface area (Å²) in [6.07, 6.45) is 1.07. The van der Waals surface area contributed by atoms with Crippen LogP contribution < -0.4 is 5.32 Å². The van der Waals surface area contributed by atoms with Gasteiger partial charge in [0, 0.05) is 12.5 Å². The van der Waals surface area contributed by atoms with E-state index in [0.29, 0.717) is 12.8 Å². The quantitative estimate of drug-likeness (QED) is 0.679. The third kappa shape index (κ3) is 1.73. The second-order valence-corrected chi connectivity index (χ2v) is 4.47. The van der Waals surface area contributed by atoms with Gasteiger partial charge in [-0.3, -0.25) is 9.59 Å². The maximum atomic E-state index is 11.9. The summed E-state index contributed by atoms with van der Waals surface area (Å²) in [5, 5.41) is 3.16. The number of hydrogen-bond acceptors (Lipinski definition) is 3. The predicted molar refractivity (Wildman–Crippen MR) is 55.1 cm³/mol. The van der Waals surface area contributed by atoms with E-state index in [2.05, 4.69) is 5.32 Å². The van der Waals surface area contributed by atoms with Crippen molar-refractivity contribution in [2.45, 2.75) is 52.6 Å². The standard InChI is InChI=1S/C11H19NO2/c1-5-9(13)11(4)6-7(2)12-8(3)10(11)14/h7-8,12H,5-6H2,1-4H3. The lowest BCUT2D eigenvalue weighted by Crippen LogP contribution is -2.57. The number of ketones is 2. The Morgan fingerprint density at radius 2 is 2.14 bits per heavy atom. The Hall–Kier alpha value is -0.700. The molecule has 1 rings (SSSR count). The molecule has 0 radical (unpaired) electrons. The van der Waals surface area contributed by atoms with Crippen molar-refractivity contribution >= 4 is 11.6 Å². The molecule has 14 heavy (non-hydrogen) atoms. The molecule has 3 heteroatoms. The Morgan fingerprint density at radius 3 is 2.64 bits per heavy atom. The van der Waals surface area contributed by atoms with Crippen molar-refractivity contribution in [2.75, 3.05) is 0 Å². The minimum Gasteiger partial charge on any atom is -0.305 e. The van der Waals surface area contributed by atoms with Gasteiger partial charge < -0.3 is 5.32 Å². The average molecular weight is 197 g/mol. The van der Waals surface area contributed by atoms with Crippen LogP contribution in [0.4, 0.5) is 0 Å². The van der Waals surface area contributed by atoms with Gasteiger partial charge in [-0.15, -0.1) is 0 Å². The van der Waals surface area contributed by atoms with Crippen LogP contribution >= 0.6 is 0 Å². The lowest BCUT2D eigenvalue weighted by molar-refractivity contribution is -0.144. The zero-order valence-electron chi connectivity index (χ0n) is 9.39. The Bertz CT molecular complexity index is 262. The maximum Gasteiger partial charge on any atom is 0.162 e. The van der Waals surface area contributed by atoms with E-state index in [1.807, 2.05) is 20.8 Å².